The Morgan fingerprint density at radius 3 is 2.79 bits per heavy atom. The van der Waals surface area contributed by atoms with Gasteiger partial charge in [0, 0.05) is 19.2 Å². The lowest BCUT2D eigenvalue weighted by molar-refractivity contribution is -0.385. The van der Waals surface area contributed by atoms with Crippen molar-refractivity contribution in [2.24, 2.45) is 0 Å². The number of nitrogens with one attached hydrogen (secondary N) is 2. The van der Waals surface area contributed by atoms with Crippen LogP contribution in [-0.2, 0) is 0 Å². The summed E-state index contributed by atoms with van der Waals surface area (Å²) in [6, 6.07) is 1.24. The first-order chi connectivity index (χ1) is 8.99. The second-order valence-corrected chi connectivity index (χ2v) is 4.26. The van der Waals surface area contributed by atoms with Crippen LogP contribution >= 0.6 is 0 Å². The van der Waals surface area contributed by atoms with Gasteiger partial charge in [-0.05, 0) is 13.3 Å². The third-order valence-electron chi connectivity index (χ3n) is 2.66. The topological polar surface area (TPSA) is 97.2 Å². The molecule has 7 heteroatoms. The van der Waals surface area contributed by atoms with Crippen LogP contribution in [0, 0.1) is 10.1 Å². The highest BCUT2D eigenvalue weighted by atomic mass is 16.6. The Morgan fingerprint density at radius 1 is 1.58 bits per heavy atom. The third kappa shape index (κ3) is 3.90. The molecule has 104 valence electrons. The van der Waals surface area contributed by atoms with E-state index in [2.05, 4.69) is 15.6 Å². The molecule has 0 radical (unpaired) electrons. The van der Waals surface area contributed by atoms with E-state index in [9.17, 15) is 14.9 Å². The summed E-state index contributed by atoms with van der Waals surface area (Å²) in [5.74, 6) is -0.0340. The van der Waals surface area contributed by atoms with E-state index in [1.807, 2.05) is 13.8 Å². The van der Waals surface area contributed by atoms with Crippen LogP contribution in [0.5, 0.6) is 0 Å². The highest BCUT2D eigenvalue weighted by Gasteiger charge is 2.18. The molecule has 0 aromatic carbocycles. The van der Waals surface area contributed by atoms with Gasteiger partial charge >= 0.3 is 0 Å². The average Bonchev–Trinajstić information content (AvgIpc) is 2.37. The highest BCUT2D eigenvalue weighted by molar-refractivity contribution is 5.99. The molecule has 0 bridgehead atoms. The fraction of sp³-hybridized carbons (Fsp3) is 0.500. The van der Waals surface area contributed by atoms with E-state index in [4.69, 9.17) is 0 Å². The Kier molecular flexibility index (Phi) is 5.23. The van der Waals surface area contributed by atoms with Gasteiger partial charge in [-0.2, -0.15) is 0 Å². The monoisotopic (exact) mass is 266 g/mol. The van der Waals surface area contributed by atoms with Crippen molar-refractivity contribution in [3.05, 3.63) is 27.9 Å². The number of hydrogen-bond donors (Lipinski definition) is 2. The SMILES string of the molecule is CCCC(C)NC(=O)c1cc([N+](=O)[O-])cnc1NC. The number of carbonyl (C=O) groups excluding carboxylic acids is 1. The molecule has 0 fully saturated rings. The molecule has 1 heterocycles. The standard InChI is InChI=1S/C12H18N4O3/c1-4-5-8(2)15-12(17)10-6-9(16(18)19)7-14-11(10)13-3/h6-8H,4-5H2,1-3H3,(H,13,14)(H,15,17). The van der Waals surface area contributed by atoms with Crippen molar-refractivity contribution in [1.29, 1.82) is 0 Å². The molecule has 1 rings (SSSR count). The largest absolute Gasteiger partial charge is 0.372 e. The number of hydrogen-bond acceptors (Lipinski definition) is 5. The minimum absolute atomic E-state index is 0.0152. The van der Waals surface area contributed by atoms with Crippen LogP contribution in [-0.4, -0.2) is 28.9 Å². The molecule has 0 aliphatic heterocycles. The van der Waals surface area contributed by atoms with Crippen molar-refractivity contribution in [3.63, 3.8) is 0 Å². The van der Waals surface area contributed by atoms with Gasteiger partial charge in [-0.1, -0.05) is 13.3 Å². The molecular weight excluding hydrogens is 248 g/mol. The lowest BCUT2D eigenvalue weighted by Gasteiger charge is -2.14. The van der Waals surface area contributed by atoms with E-state index in [0.29, 0.717) is 5.82 Å². The molecule has 0 saturated heterocycles. The van der Waals surface area contributed by atoms with Gasteiger partial charge in [0.2, 0.25) is 0 Å². The zero-order chi connectivity index (χ0) is 14.4. The zero-order valence-corrected chi connectivity index (χ0v) is 11.3. The van der Waals surface area contributed by atoms with Crippen molar-refractivity contribution in [2.45, 2.75) is 32.7 Å². The fourth-order valence-corrected chi connectivity index (χ4v) is 1.73. The van der Waals surface area contributed by atoms with Gasteiger partial charge in [-0.25, -0.2) is 4.98 Å². The number of carbonyl (C=O) groups is 1. The number of nitrogens with zero attached hydrogens (tertiary/aromatic N) is 2. The molecule has 0 aliphatic rings. The predicted molar refractivity (Wildman–Crippen MR) is 72.3 cm³/mol. The fourth-order valence-electron chi connectivity index (χ4n) is 1.73. The van der Waals surface area contributed by atoms with E-state index in [0.717, 1.165) is 19.0 Å². The van der Waals surface area contributed by atoms with Crippen LogP contribution in [0.25, 0.3) is 0 Å². The molecule has 1 amide bonds. The summed E-state index contributed by atoms with van der Waals surface area (Å²) in [4.78, 5) is 26.1. The first kappa shape index (κ1) is 14.9. The average molecular weight is 266 g/mol. The van der Waals surface area contributed by atoms with Crippen molar-refractivity contribution in [1.82, 2.24) is 10.3 Å². The third-order valence-corrected chi connectivity index (χ3v) is 2.66. The van der Waals surface area contributed by atoms with Crippen LogP contribution in [0.15, 0.2) is 12.3 Å². The Labute approximate surface area is 111 Å². The van der Waals surface area contributed by atoms with E-state index in [-0.39, 0.29) is 23.2 Å². The van der Waals surface area contributed by atoms with Crippen LogP contribution in [0.4, 0.5) is 11.5 Å². The van der Waals surface area contributed by atoms with Gasteiger partial charge in [-0.15, -0.1) is 0 Å². The molecular formula is C12H18N4O3. The van der Waals surface area contributed by atoms with Crippen molar-refractivity contribution < 1.29 is 9.72 Å². The lowest BCUT2D eigenvalue weighted by Crippen LogP contribution is -2.33. The van der Waals surface area contributed by atoms with E-state index < -0.39 is 4.92 Å². The lowest BCUT2D eigenvalue weighted by atomic mass is 10.1. The number of rotatable bonds is 6. The number of anilines is 1. The number of amides is 1. The summed E-state index contributed by atoms with van der Waals surface area (Å²) in [7, 11) is 1.61. The Morgan fingerprint density at radius 2 is 2.26 bits per heavy atom. The molecule has 7 nitrogen and oxygen atoms in total. The maximum Gasteiger partial charge on any atom is 0.288 e. The van der Waals surface area contributed by atoms with Crippen molar-refractivity contribution in [3.8, 4) is 0 Å². The minimum atomic E-state index is -0.571. The number of pyridine rings is 1. The smallest absolute Gasteiger partial charge is 0.288 e. The summed E-state index contributed by atoms with van der Waals surface area (Å²) in [5.41, 5.74) is -0.0213. The Balaban J connectivity index is 2.99. The van der Waals surface area contributed by atoms with Gasteiger partial charge < -0.3 is 10.6 Å². The first-order valence-electron chi connectivity index (χ1n) is 6.12. The van der Waals surface area contributed by atoms with Crippen LogP contribution in [0.3, 0.4) is 0 Å². The molecule has 2 N–H and O–H groups in total. The molecule has 1 unspecified atom stereocenters. The predicted octanol–water partition coefficient (Wildman–Crippen LogP) is 1.95. The maximum absolute atomic E-state index is 12.1. The summed E-state index contributed by atoms with van der Waals surface area (Å²) in [5, 5.41) is 16.3. The molecule has 0 aliphatic carbocycles. The highest BCUT2D eigenvalue weighted by Crippen LogP contribution is 2.18. The maximum atomic E-state index is 12.1. The molecule has 19 heavy (non-hydrogen) atoms. The van der Waals surface area contributed by atoms with Crippen LogP contribution < -0.4 is 10.6 Å². The van der Waals surface area contributed by atoms with Gasteiger partial charge in [0.25, 0.3) is 11.6 Å². The van der Waals surface area contributed by atoms with E-state index >= 15 is 0 Å². The van der Waals surface area contributed by atoms with Crippen molar-refractivity contribution >= 4 is 17.4 Å². The molecule has 0 spiro atoms. The second kappa shape index (κ2) is 6.67. The summed E-state index contributed by atoms with van der Waals surface area (Å²) in [6.45, 7) is 3.92. The quantitative estimate of drug-likeness (QED) is 0.606. The molecule has 0 saturated carbocycles. The van der Waals surface area contributed by atoms with Crippen LogP contribution in [0.1, 0.15) is 37.0 Å². The second-order valence-electron chi connectivity index (χ2n) is 4.26. The molecule has 1 aromatic heterocycles. The normalized spacial score (nSPS) is 11.7. The minimum Gasteiger partial charge on any atom is -0.372 e. The Bertz CT molecular complexity index is 476. The van der Waals surface area contributed by atoms with Gasteiger partial charge in [0.15, 0.2) is 0 Å². The first-order valence-corrected chi connectivity index (χ1v) is 6.12. The van der Waals surface area contributed by atoms with E-state index in [1.54, 1.807) is 7.05 Å². The summed E-state index contributed by atoms with van der Waals surface area (Å²) < 4.78 is 0. The van der Waals surface area contributed by atoms with E-state index in [1.165, 1.54) is 6.07 Å². The van der Waals surface area contributed by atoms with Gasteiger partial charge in [0.05, 0.1) is 10.5 Å². The number of nitro groups is 1. The molecule has 1 aromatic rings. The molecule has 1 atom stereocenters. The van der Waals surface area contributed by atoms with Gasteiger partial charge in [-0.3, -0.25) is 14.9 Å². The Hall–Kier alpha value is -2.18. The zero-order valence-electron chi connectivity index (χ0n) is 11.3. The van der Waals surface area contributed by atoms with Crippen molar-refractivity contribution in [2.75, 3.05) is 12.4 Å². The summed E-state index contributed by atoms with van der Waals surface area (Å²) in [6.07, 6.45) is 2.93. The van der Waals surface area contributed by atoms with Crippen LogP contribution in [0.2, 0.25) is 0 Å². The number of aromatic nitrogens is 1. The van der Waals surface area contributed by atoms with Gasteiger partial charge in [0.1, 0.15) is 12.0 Å². The summed E-state index contributed by atoms with van der Waals surface area (Å²) >= 11 is 0.